The van der Waals surface area contributed by atoms with E-state index in [0.717, 1.165) is 9.90 Å². The number of aryl methyl sites for hydroxylation is 1. The van der Waals surface area contributed by atoms with E-state index in [1.54, 1.807) is 18.5 Å². The first-order valence-electron chi connectivity index (χ1n) is 6.44. The maximum atomic E-state index is 12.6. The predicted octanol–water partition coefficient (Wildman–Crippen LogP) is 3.31. The predicted molar refractivity (Wildman–Crippen MR) is 84.8 cm³/mol. The lowest BCUT2D eigenvalue weighted by atomic mass is 10.1. The molecule has 0 aliphatic carbocycles. The first kappa shape index (κ1) is 14.7. The zero-order chi connectivity index (χ0) is 15.4. The standard InChI is InChI=1S/C14H12N4O2S2/c1-9-7-11(18-20-9)16-13(19)12(10-5-3-2-4-6-10)22-14-17-15-8-21-14/h2-8,12H,1H3,(H,16,18,19). The van der Waals surface area contributed by atoms with Crippen molar-refractivity contribution in [2.75, 3.05) is 5.32 Å². The van der Waals surface area contributed by atoms with Crippen LogP contribution in [0.5, 0.6) is 0 Å². The summed E-state index contributed by atoms with van der Waals surface area (Å²) >= 11 is 2.76. The van der Waals surface area contributed by atoms with E-state index in [1.165, 1.54) is 23.1 Å². The molecule has 8 heteroatoms. The maximum Gasteiger partial charge on any atom is 0.243 e. The molecule has 0 bridgehead atoms. The number of anilines is 1. The Kier molecular flexibility index (Phi) is 4.50. The minimum absolute atomic E-state index is 0.181. The van der Waals surface area contributed by atoms with E-state index in [-0.39, 0.29) is 5.91 Å². The summed E-state index contributed by atoms with van der Waals surface area (Å²) in [5.74, 6) is 0.865. The van der Waals surface area contributed by atoms with Crippen molar-refractivity contribution in [2.45, 2.75) is 16.5 Å². The third-order valence-electron chi connectivity index (χ3n) is 2.78. The number of carbonyl (C=O) groups excluding carboxylic acids is 1. The number of carbonyl (C=O) groups is 1. The van der Waals surface area contributed by atoms with Gasteiger partial charge in [0.15, 0.2) is 10.2 Å². The highest BCUT2D eigenvalue weighted by Gasteiger charge is 2.24. The maximum absolute atomic E-state index is 12.6. The third kappa shape index (κ3) is 3.52. The van der Waals surface area contributed by atoms with Gasteiger partial charge >= 0.3 is 0 Å². The molecule has 0 spiro atoms. The molecule has 2 heterocycles. The Balaban J connectivity index is 1.82. The normalized spacial score (nSPS) is 12.0. The monoisotopic (exact) mass is 332 g/mol. The Bertz CT molecular complexity index is 743. The molecule has 3 rings (SSSR count). The highest BCUT2D eigenvalue weighted by atomic mass is 32.2. The van der Waals surface area contributed by atoms with Gasteiger partial charge in [-0.2, -0.15) is 0 Å². The molecule has 2 aromatic heterocycles. The van der Waals surface area contributed by atoms with E-state index in [4.69, 9.17) is 4.52 Å². The van der Waals surface area contributed by atoms with Crippen molar-refractivity contribution in [1.29, 1.82) is 0 Å². The number of nitrogens with one attached hydrogen (secondary N) is 1. The van der Waals surface area contributed by atoms with Gasteiger partial charge in [0.1, 0.15) is 16.5 Å². The number of aromatic nitrogens is 3. The van der Waals surface area contributed by atoms with Gasteiger partial charge in [0, 0.05) is 6.07 Å². The van der Waals surface area contributed by atoms with Crippen molar-refractivity contribution in [1.82, 2.24) is 15.4 Å². The second kappa shape index (κ2) is 6.71. The third-order valence-corrected chi connectivity index (χ3v) is 4.84. The fourth-order valence-electron chi connectivity index (χ4n) is 1.83. The number of thioether (sulfide) groups is 1. The van der Waals surface area contributed by atoms with Crippen LogP contribution in [0, 0.1) is 6.92 Å². The van der Waals surface area contributed by atoms with E-state index in [2.05, 4.69) is 20.7 Å². The molecule has 1 atom stereocenters. The zero-order valence-corrected chi connectivity index (χ0v) is 13.2. The second-order valence-electron chi connectivity index (χ2n) is 4.43. The Labute approximate surface area is 134 Å². The minimum atomic E-state index is -0.439. The van der Waals surface area contributed by atoms with Crippen LogP contribution in [-0.2, 0) is 4.79 Å². The smallest absolute Gasteiger partial charge is 0.243 e. The molecule has 1 unspecified atom stereocenters. The van der Waals surface area contributed by atoms with Crippen molar-refractivity contribution in [3.63, 3.8) is 0 Å². The lowest BCUT2D eigenvalue weighted by molar-refractivity contribution is -0.115. The molecule has 0 aliphatic rings. The largest absolute Gasteiger partial charge is 0.360 e. The van der Waals surface area contributed by atoms with Crippen LogP contribution in [0.1, 0.15) is 16.6 Å². The summed E-state index contributed by atoms with van der Waals surface area (Å²) in [5.41, 5.74) is 2.53. The molecular weight excluding hydrogens is 320 g/mol. The summed E-state index contributed by atoms with van der Waals surface area (Å²) in [7, 11) is 0. The molecule has 0 saturated carbocycles. The van der Waals surface area contributed by atoms with Gasteiger partial charge in [-0.05, 0) is 12.5 Å². The van der Waals surface area contributed by atoms with Crippen molar-refractivity contribution in [2.24, 2.45) is 0 Å². The van der Waals surface area contributed by atoms with Crippen molar-refractivity contribution in [3.8, 4) is 0 Å². The molecule has 1 N–H and O–H groups in total. The lowest BCUT2D eigenvalue weighted by Crippen LogP contribution is -2.19. The van der Waals surface area contributed by atoms with Crippen LogP contribution in [0.2, 0.25) is 0 Å². The second-order valence-corrected chi connectivity index (χ2v) is 6.61. The van der Waals surface area contributed by atoms with E-state index >= 15 is 0 Å². The Morgan fingerprint density at radius 2 is 2.18 bits per heavy atom. The van der Waals surface area contributed by atoms with Gasteiger partial charge in [0.2, 0.25) is 5.91 Å². The first-order chi connectivity index (χ1) is 10.7. The summed E-state index contributed by atoms with van der Waals surface area (Å²) < 4.78 is 5.70. The number of rotatable bonds is 5. The average molecular weight is 332 g/mol. The van der Waals surface area contributed by atoms with Gasteiger partial charge in [-0.3, -0.25) is 4.79 Å². The molecular formula is C14H12N4O2S2. The van der Waals surface area contributed by atoms with Crippen molar-refractivity contribution < 1.29 is 9.32 Å². The fourth-order valence-corrected chi connectivity index (χ4v) is 3.51. The molecule has 1 amide bonds. The summed E-state index contributed by atoms with van der Waals surface area (Å²) in [4.78, 5) is 12.6. The number of hydrogen-bond donors (Lipinski definition) is 1. The molecule has 6 nitrogen and oxygen atoms in total. The van der Waals surface area contributed by atoms with Crippen molar-refractivity contribution in [3.05, 3.63) is 53.2 Å². The van der Waals surface area contributed by atoms with Gasteiger partial charge in [-0.25, -0.2) is 0 Å². The highest BCUT2D eigenvalue weighted by molar-refractivity contribution is 8.01. The SMILES string of the molecule is Cc1cc(NC(=O)C(Sc2nncs2)c2ccccc2)no1. The Morgan fingerprint density at radius 1 is 1.36 bits per heavy atom. The van der Waals surface area contributed by atoms with Gasteiger partial charge in [-0.15, -0.1) is 10.2 Å². The van der Waals surface area contributed by atoms with Crippen LogP contribution in [0.3, 0.4) is 0 Å². The molecule has 1 aromatic carbocycles. The average Bonchev–Trinajstić information content (AvgIpc) is 3.17. The molecule has 0 radical (unpaired) electrons. The summed E-state index contributed by atoms with van der Waals surface area (Å²) in [6, 6.07) is 11.2. The zero-order valence-electron chi connectivity index (χ0n) is 11.6. The van der Waals surface area contributed by atoms with E-state index in [0.29, 0.717) is 11.6 Å². The summed E-state index contributed by atoms with van der Waals surface area (Å²) in [6.45, 7) is 1.77. The first-order valence-corrected chi connectivity index (χ1v) is 8.20. The van der Waals surface area contributed by atoms with E-state index in [1.807, 2.05) is 30.3 Å². The van der Waals surface area contributed by atoms with Gasteiger partial charge in [0.05, 0.1) is 0 Å². The highest BCUT2D eigenvalue weighted by Crippen LogP contribution is 2.36. The van der Waals surface area contributed by atoms with Crippen LogP contribution in [0.15, 0.2) is 50.8 Å². The van der Waals surface area contributed by atoms with Crippen LogP contribution >= 0.6 is 23.1 Å². The number of nitrogens with zero attached hydrogens (tertiary/aromatic N) is 3. The topological polar surface area (TPSA) is 80.9 Å². The van der Waals surface area contributed by atoms with Crippen LogP contribution < -0.4 is 5.32 Å². The summed E-state index contributed by atoms with van der Waals surface area (Å²) in [5, 5.41) is 13.9. The van der Waals surface area contributed by atoms with Gasteiger partial charge < -0.3 is 9.84 Å². The fraction of sp³-hybridized carbons (Fsp3) is 0.143. The number of hydrogen-bond acceptors (Lipinski definition) is 7. The van der Waals surface area contributed by atoms with E-state index in [9.17, 15) is 4.79 Å². The molecule has 112 valence electrons. The van der Waals surface area contributed by atoms with E-state index < -0.39 is 5.25 Å². The molecule has 3 aromatic rings. The lowest BCUT2D eigenvalue weighted by Gasteiger charge is -2.14. The van der Waals surface area contributed by atoms with Crippen LogP contribution in [0.4, 0.5) is 5.82 Å². The van der Waals surface area contributed by atoms with Gasteiger partial charge in [0.25, 0.3) is 0 Å². The number of benzene rings is 1. The van der Waals surface area contributed by atoms with Crippen LogP contribution in [-0.4, -0.2) is 21.3 Å². The van der Waals surface area contributed by atoms with Crippen molar-refractivity contribution >= 4 is 34.8 Å². The van der Waals surface area contributed by atoms with Crippen LogP contribution in [0.25, 0.3) is 0 Å². The van der Waals surface area contributed by atoms with Gasteiger partial charge in [-0.1, -0.05) is 58.6 Å². The molecule has 22 heavy (non-hydrogen) atoms. The summed E-state index contributed by atoms with van der Waals surface area (Å²) in [6.07, 6.45) is 0. The Morgan fingerprint density at radius 3 is 2.82 bits per heavy atom. The minimum Gasteiger partial charge on any atom is -0.360 e. The Hall–Kier alpha value is -2.19. The molecule has 0 aliphatic heterocycles. The molecule has 0 saturated heterocycles. The number of amides is 1. The quantitative estimate of drug-likeness (QED) is 0.722. The molecule has 0 fully saturated rings.